The first kappa shape index (κ1) is 11.4. The summed E-state index contributed by atoms with van der Waals surface area (Å²) >= 11 is 7.52. The molecule has 2 aromatic rings. The van der Waals surface area contributed by atoms with E-state index in [2.05, 4.69) is 14.9 Å². The van der Waals surface area contributed by atoms with Gasteiger partial charge in [0, 0.05) is 11.9 Å². The van der Waals surface area contributed by atoms with Crippen molar-refractivity contribution < 1.29 is 0 Å². The van der Waals surface area contributed by atoms with E-state index in [1.165, 1.54) is 4.88 Å². The quantitative estimate of drug-likeness (QED) is 0.787. The third-order valence-corrected chi connectivity index (χ3v) is 3.45. The molecule has 0 spiro atoms. The molecule has 3 nitrogen and oxygen atoms in total. The summed E-state index contributed by atoms with van der Waals surface area (Å²) in [6.07, 6.45) is 0. The van der Waals surface area contributed by atoms with Gasteiger partial charge < -0.3 is 4.90 Å². The Bertz CT molecular complexity index is 484. The van der Waals surface area contributed by atoms with E-state index in [-0.39, 0.29) is 0 Å². The van der Waals surface area contributed by atoms with Crippen molar-refractivity contribution in [1.29, 1.82) is 0 Å². The van der Waals surface area contributed by atoms with E-state index in [0.717, 1.165) is 18.1 Å². The zero-order chi connectivity index (χ0) is 11.5. The monoisotopic (exact) mass is 253 g/mol. The largest absolute Gasteiger partial charge is 0.354 e. The highest BCUT2D eigenvalue weighted by Crippen LogP contribution is 2.19. The van der Waals surface area contributed by atoms with Crippen molar-refractivity contribution in [2.45, 2.75) is 13.5 Å². The second-order valence-electron chi connectivity index (χ2n) is 3.54. The lowest BCUT2D eigenvalue weighted by Crippen LogP contribution is -2.17. The van der Waals surface area contributed by atoms with Crippen molar-refractivity contribution in [3.63, 3.8) is 0 Å². The fourth-order valence-electron chi connectivity index (χ4n) is 1.38. The third-order valence-electron chi connectivity index (χ3n) is 2.32. The van der Waals surface area contributed by atoms with Crippen LogP contribution in [0.5, 0.6) is 0 Å². The van der Waals surface area contributed by atoms with Crippen LogP contribution in [0.25, 0.3) is 0 Å². The minimum atomic E-state index is 0.519. The predicted molar refractivity (Wildman–Crippen MR) is 68.2 cm³/mol. The van der Waals surface area contributed by atoms with Crippen molar-refractivity contribution in [2.75, 3.05) is 11.9 Å². The number of pyridine rings is 1. The number of aromatic nitrogens is 2. The molecule has 0 fully saturated rings. The highest BCUT2D eigenvalue weighted by Gasteiger charge is 2.07. The number of aryl methyl sites for hydroxylation is 1. The summed E-state index contributed by atoms with van der Waals surface area (Å²) in [5.41, 5.74) is 2.95. The molecular weight excluding hydrogens is 242 g/mol. The Hall–Kier alpha value is -1.13. The van der Waals surface area contributed by atoms with Gasteiger partial charge in [-0.2, -0.15) is 0 Å². The zero-order valence-corrected chi connectivity index (χ0v) is 10.7. The number of hydrogen-bond acceptors (Lipinski definition) is 4. The van der Waals surface area contributed by atoms with E-state index in [1.807, 2.05) is 31.6 Å². The van der Waals surface area contributed by atoms with Crippen LogP contribution < -0.4 is 4.90 Å². The second-order valence-corrected chi connectivity index (χ2v) is 4.86. The number of anilines is 1. The molecule has 0 saturated heterocycles. The van der Waals surface area contributed by atoms with Gasteiger partial charge in [0.15, 0.2) is 0 Å². The molecule has 0 aliphatic heterocycles. The lowest BCUT2D eigenvalue weighted by atomic mass is 10.3. The molecule has 0 saturated carbocycles. The molecule has 0 bridgehead atoms. The summed E-state index contributed by atoms with van der Waals surface area (Å²) in [5.74, 6) is 0.875. The van der Waals surface area contributed by atoms with Gasteiger partial charge in [-0.15, -0.1) is 11.3 Å². The highest BCUT2D eigenvalue weighted by molar-refractivity contribution is 7.09. The van der Waals surface area contributed by atoms with Gasteiger partial charge in [0.25, 0.3) is 0 Å². The van der Waals surface area contributed by atoms with Crippen molar-refractivity contribution in [3.8, 4) is 0 Å². The van der Waals surface area contributed by atoms with Crippen LogP contribution in [0.3, 0.4) is 0 Å². The molecule has 0 amide bonds. The number of thiazole rings is 1. The topological polar surface area (TPSA) is 29.0 Å². The van der Waals surface area contributed by atoms with Gasteiger partial charge in [0.1, 0.15) is 11.0 Å². The van der Waals surface area contributed by atoms with Crippen LogP contribution in [0, 0.1) is 6.92 Å². The van der Waals surface area contributed by atoms with Crippen LogP contribution in [0.4, 0.5) is 5.82 Å². The molecule has 84 valence electrons. The standard InChI is InChI=1S/C11H12ClN3S/c1-8-9(16-7-13-8)6-15(2)11-5-3-4-10(12)14-11/h3-5,7H,6H2,1-2H3. The van der Waals surface area contributed by atoms with Crippen molar-refractivity contribution in [1.82, 2.24) is 9.97 Å². The van der Waals surface area contributed by atoms with Gasteiger partial charge in [-0.3, -0.25) is 0 Å². The first-order valence-electron chi connectivity index (χ1n) is 4.89. The Morgan fingerprint density at radius 2 is 2.25 bits per heavy atom. The molecule has 0 atom stereocenters. The highest BCUT2D eigenvalue weighted by atomic mass is 35.5. The summed E-state index contributed by atoms with van der Waals surface area (Å²) in [5, 5.41) is 0.519. The molecule has 0 aliphatic carbocycles. The van der Waals surface area contributed by atoms with E-state index < -0.39 is 0 Å². The zero-order valence-electron chi connectivity index (χ0n) is 9.14. The second kappa shape index (κ2) is 4.80. The number of nitrogens with zero attached hydrogens (tertiary/aromatic N) is 3. The molecule has 2 rings (SSSR count). The minimum absolute atomic E-state index is 0.519. The molecule has 2 aromatic heterocycles. The van der Waals surface area contributed by atoms with Crippen LogP contribution in [-0.4, -0.2) is 17.0 Å². The Morgan fingerprint density at radius 1 is 1.44 bits per heavy atom. The van der Waals surface area contributed by atoms with Crippen molar-refractivity contribution >= 4 is 28.8 Å². The number of rotatable bonds is 3. The lowest BCUT2D eigenvalue weighted by molar-refractivity contribution is 0.901. The summed E-state index contributed by atoms with van der Waals surface area (Å²) in [7, 11) is 2.00. The Balaban J connectivity index is 2.14. The van der Waals surface area contributed by atoms with E-state index in [0.29, 0.717) is 5.15 Å². The van der Waals surface area contributed by atoms with Crippen LogP contribution in [0.2, 0.25) is 5.15 Å². The summed E-state index contributed by atoms with van der Waals surface area (Å²) < 4.78 is 0. The van der Waals surface area contributed by atoms with Crippen LogP contribution >= 0.6 is 22.9 Å². The van der Waals surface area contributed by atoms with E-state index in [9.17, 15) is 0 Å². The average Bonchev–Trinajstić information content (AvgIpc) is 2.64. The van der Waals surface area contributed by atoms with Gasteiger partial charge in [0.2, 0.25) is 0 Å². The summed E-state index contributed by atoms with van der Waals surface area (Å²) in [6, 6.07) is 5.62. The fraction of sp³-hybridized carbons (Fsp3) is 0.273. The van der Waals surface area contributed by atoms with Gasteiger partial charge in [0.05, 0.1) is 17.7 Å². The predicted octanol–water partition coefficient (Wildman–Crippen LogP) is 3.14. The normalized spacial score (nSPS) is 10.4. The maximum atomic E-state index is 5.85. The molecule has 0 radical (unpaired) electrons. The molecule has 2 heterocycles. The van der Waals surface area contributed by atoms with E-state index in [1.54, 1.807) is 17.4 Å². The average molecular weight is 254 g/mol. The maximum Gasteiger partial charge on any atom is 0.131 e. The molecule has 0 N–H and O–H groups in total. The SMILES string of the molecule is Cc1ncsc1CN(C)c1cccc(Cl)n1. The van der Waals surface area contributed by atoms with Gasteiger partial charge in [-0.25, -0.2) is 9.97 Å². The Kier molecular flexibility index (Phi) is 3.41. The van der Waals surface area contributed by atoms with Crippen LogP contribution in [0.1, 0.15) is 10.6 Å². The molecular formula is C11H12ClN3S. The van der Waals surface area contributed by atoms with Crippen molar-refractivity contribution in [3.05, 3.63) is 39.4 Å². The molecule has 0 unspecified atom stereocenters. The molecule has 16 heavy (non-hydrogen) atoms. The van der Waals surface area contributed by atoms with Gasteiger partial charge in [-0.05, 0) is 19.1 Å². The smallest absolute Gasteiger partial charge is 0.131 e. The molecule has 0 aliphatic rings. The molecule has 0 aromatic carbocycles. The Morgan fingerprint density at radius 3 is 2.88 bits per heavy atom. The first-order valence-corrected chi connectivity index (χ1v) is 6.15. The first-order chi connectivity index (χ1) is 7.66. The number of hydrogen-bond donors (Lipinski definition) is 0. The fourth-order valence-corrected chi connectivity index (χ4v) is 2.37. The summed E-state index contributed by atoms with van der Waals surface area (Å²) in [4.78, 5) is 11.8. The minimum Gasteiger partial charge on any atom is -0.354 e. The number of halogens is 1. The lowest BCUT2D eigenvalue weighted by Gasteiger charge is -2.17. The Labute approximate surface area is 104 Å². The van der Waals surface area contributed by atoms with E-state index >= 15 is 0 Å². The van der Waals surface area contributed by atoms with Crippen LogP contribution in [0.15, 0.2) is 23.7 Å². The van der Waals surface area contributed by atoms with Gasteiger partial charge in [-0.1, -0.05) is 17.7 Å². The summed E-state index contributed by atoms with van der Waals surface area (Å²) in [6.45, 7) is 2.83. The molecule has 5 heteroatoms. The van der Waals surface area contributed by atoms with Gasteiger partial charge >= 0.3 is 0 Å². The maximum absolute atomic E-state index is 5.85. The van der Waals surface area contributed by atoms with Crippen molar-refractivity contribution in [2.24, 2.45) is 0 Å². The van der Waals surface area contributed by atoms with Crippen LogP contribution in [-0.2, 0) is 6.54 Å². The third kappa shape index (κ3) is 2.51. The van der Waals surface area contributed by atoms with E-state index in [4.69, 9.17) is 11.6 Å².